The van der Waals surface area contributed by atoms with Crippen molar-refractivity contribution in [2.45, 2.75) is 13.0 Å². The molecule has 150 valence electrons. The van der Waals surface area contributed by atoms with Crippen LogP contribution < -0.4 is 0 Å². The van der Waals surface area contributed by atoms with E-state index in [0.29, 0.717) is 22.0 Å². The molecular weight excluding hydrogens is 372 g/mol. The Morgan fingerprint density at radius 1 is 1.03 bits per heavy atom. The molecule has 7 heteroatoms. The number of hydrogen-bond donors (Lipinski definition) is 1. The number of ether oxygens (including phenoxy) is 1. The smallest absolute Gasteiger partial charge is 0.338 e. The van der Waals surface area contributed by atoms with Crippen LogP contribution in [0, 0.1) is 0 Å². The first kappa shape index (κ1) is 20.3. The molecule has 0 fully saturated rings. The van der Waals surface area contributed by atoms with E-state index in [1.165, 1.54) is 22.8 Å². The van der Waals surface area contributed by atoms with Crippen LogP contribution in [0.2, 0.25) is 0 Å². The molecule has 0 saturated carbocycles. The van der Waals surface area contributed by atoms with Gasteiger partial charge in [-0.25, -0.2) is 9.59 Å². The molecule has 0 aliphatic heterocycles. The number of carbonyl (C=O) groups excluding carboxylic acids is 3. The summed E-state index contributed by atoms with van der Waals surface area (Å²) in [5.74, 6) is -0.932. The van der Waals surface area contributed by atoms with E-state index in [-0.39, 0.29) is 22.9 Å². The van der Waals surface area contributed by atoms with Crippen LogP contribution in [0.15, 0.2) is 48.7 Å². The van der Waals surface area contributed by atoms with Crippen molar-refractivity contribution in [2.24, 2.45) is 0 Å². The van der Waals surface area contributed by atoms with Crippen molar-refractivity contribution in [2.75, 3.05) is 21.2 Å². The second kappa shape index (κ2) is 7.89. The summed E-state index contributed by atoms with van der Waals surface area (Å²) >= 11 is 0. The Balaban J connectivity index is 2.24. The van der Waals surface area contributed by atoms with E-state index in [4.69, 9.17) is 4.74 Å². The molecule has 1 unspecified atom stereocenters. The molecule has 0 radical (unpaired) electrons. The molecule has 3 rings (SSSR count). The number of benzene rings is 2. The van der Waals surface area contributed by atoms with E-state index in [9.17, 15) is 19.5 Å². The number of rotatable bonds is 4. The second-order valence-electron chi connectivity index (χ2n) is 6.91. The maximum absolute atomic E-state index is 13.3. The number of ketones is 1. The molecule has 1 N–H and O–H groups in total. The molecule has 1 aromatic heterocycles. The lowest BCUT2D eigenvalue weighted by atomic mass is 9.98. The first-order valence-corrected chi connectivity index (χ1v) is 9.03. The Kier molecular flexibility index (Phi) is 5.52. The highest BCUT2D eigenvalue weighted by Gasteiger charge is 2.25. The van der Waals surface area contributed by atoms with Gasteiger partial charge in [-0.15, -0.1) is 0 Å². The van der Waals surface area contributed by atoms with Gasteiger partial charge in [0.05, 0.1) is 24.3 Å². The quantitative estimate of drug-likeness (QED) is 0.542. The van der Waals surface area contributed by atoms with E-state index in [1.807, 2.05) is 0 Å². The number of aliphatic hydroxyl groups excluding tert-OH is 1. The largest absolute Gasteiger partial charge is 0.465 e. The number of fused-ring (bicyclic) bond motifs is 1. The standard InChI is InChI=1S/C22H22N2O5/c1-13(25)14-8-10-15(11-9-14)20(26)17-12-24(22(28)23(2)3)18-7-5-6-16(19(17)18)21(27)29-4/h5-13,25H,1-4H3. The minimum atomic E-state index is -0.648. The lowest BCUT2D eigenvalue weighted by molar-refractivity contribution is 0.0603. The van der Waals surface area contributed by atoms with Crippen LogP contribution in [-0.2, 0) is 4.74 Å². The number of nitrogens with zero attached hydrogens (tertiary/aromatic N) is 2. The van der Waals surface area contributed by atoms with E-state index in [0.717, 1.165) is 0 Å². The highest BCUT2D eigenvalue weighted by Crippen LogP contribution is 2.29. The molecule has 0 aliphatic carbocycles. The Morgan fingerprint density at radius 2 is 1.69 bits per heavy atom. The Hall–Kier alpha value is -3.45. The molecular formula is C22H22N2O5. The van der Waals surface area contributed by atoms with Crippen LogP contribution in [0.5, 0.6) is 0 Å². The fraction of sp³-hybridized carbons (Fsp3) is 0.227. The summed E-state index contributed by atoms with van der Waals surface area (Å²) in [5, 5.41) is 10.0. The van der Waals surface area contributed by atoms with Gasteiger partial charge >= 0.3 is 12.0 Å². The maximum atomic E-state index is 13.3. The lowest BCUT2D eigenvalue weighted by Crippen LogP contribution is -2.26. The number of hydrogen-bond acceptors (Lipinski definition) is 5. The van der Waals surface area contributed by atoms with Gasteiger partial charge in [0.25, 0.3) is 0 Å². The molecule has 0 spiro atoms. The fourth-order valence-electron chi connectivity index (χ4n) is 3.18. The van der Waals surface area contributed by atoms with Crippen molar-refractivity contribution in [3.8, 4) is 0 Å². The van der Waals surface area contributed by atoms with Gasteiger partial charge in [0.2, 0.25) is 0 Å². The molecule has 3 aromatic rings. The second-order valence-corrected chi connectivity index (χ2v) is 6.91. The molecule has 1 atom stereocenters. The van der Waals surface area contributed by atoms with Crippen LogP contribution in [-0.4, -0.2) is 53.6 Å². The molecule has 0 saturated heterocycles. The Bertz CT molecular complexity index is 1090. The average Bonchev–Trinajstić information content (AvgIpc) is 3.11. The zero-order valence-electron chi connectivity index (χ0n) is 16.7. The van der Waals surface area contributed by atoms with Crippen molar-refractivity contribution >= 4 is 28.7 Å². The summed E-state index contributed by atoms with van der Waals surface area (Å²) in [7, 11) is 4.47. The monoisotopic (exact) mass is 394 g/mol. The third-order valence-electron chi connectivity index (χ3n) is 4.72. The highest BCUT2D eigenvalue weighted by molar-refractivity contribution is 6.21. The SMILES string of the molecule is COC(=O)c1cccc2c1c(C(=O)c1ccc(C(C)O)cc1)cn2C(=O)N(C)C. The number of carbonyl (C=O) groups is 3. The third-order valence-corrected chi connectivity index (χ3v) is 4.72. The topological polar surface area (TPSA) is 88.8 Å². The Labute approximate surface area is 168 Å². The average molecular weight is 394 g/mol. The van der Waals surface area contributed by atoms with Gasteiger partial charge < -0.3 is 14.7 Å². The van der Waals surface area contributed by atoms with Crippen molar-refractivity contribution in [1.82, 2.24) is 9.47 Å². The molecule has 1 amide bonds. The highest BCUT2D eigenvalue weighted by atomic mass is 16.5. The van der Waals surface area contributed by atoms with Gasteiger partial charge in [-0.3, -0.25) is 9.36 Å². The van der Waals surface area contributed by atoms with Crippen molar-refractivity contribution in [3.05, 3.63) is 70.9 Å². The van der Waals surface area contributed by atoms with Gasteiger partial charge in [-0.05, 0) is 24.6 Å². The fourth-order valence-corrected chi connectivity index (χ4v) is 3.18. The first-order valence-electron chi connectivity index (χ1n) is 9.03. The van der Waals surface area contributed by atoms with E-state index >= 15 is 0 Å². The normalized spacial score (nSPS) is 11.9. The van der Waals surface area contributed by atoms with Gasteiger partial charge in [0.1, 0.15) is 0 Å². The number of aromatic nitrogens is 1. The summed E-state index contributed by atoms with van der Waals surface area (Å²) in [6.07, 6.45) is 0.800. The van der Waals surface area contributed by atoms with E-state index in [1.54, 1.807) is 63.5 Å². The molecule has 0 aliphatic rings. The number of methoxy groups -OCH3 is 1. The summed E-state index contributed by atoms with van der Waals surface area (Å²) in [6.45, 7) is 1.64. The van der Waals surface area contributed by atoms with Crippen molar-refractivity contribution in [3.63, 3.8) is 0 Å². The number of amides is 1. The summed E-state index contributed by atoms with van der Waals surface area (Å²) in [4.78, 5) is 39.6. The molecule has 29 heavy (non-hydrogen) atoms. The van der Waals surface area contributed by atoms with Gasteiger partial charge in [0.15, 0.2) is 5.78 Å². The molecule has 2 aromatic carbocycles. The molecule has 0 bridgehead atoms. The lowest BCUT2D eigenvalue weighted by Gasteiger charge is -2.11. The van der Waals surface area contributed by atoms with Crippen molar-refractivity contribution in [1.29, 1.82) is 0 Å². The molecule has 7 nitrogen and oxygen atoms in total. The van der Waals surface area contributed by atoms with Crippen LogP contribution in [0.25, 0.3) is 10.9 Å². The predicted molar refractivity (Wildman–Crippen MR) is 108 cm³/mol. The number of esters is 1. The van der Waals surface area contributed by atoms with Crippen LogP contribution in [0.4, 0.5) is 4.79 Å². The zero-order valence-corrected chi connectivity index (χ0v) is 16.7. The number of aliphatic hydroxyl groups is 1. The van der Waals surface area contributed by atoms with Gasteiger partial charge in [-0.1, -0.05) is 30.3 Å². The van der Waals surface area contributed by atoms with Gasteiger partial charge in [0, 0.05) is 36.8 Å². The van der Waals surface area contributed by atoms with E-state index < -0.39 is 12.1 Å². The maximum Gasteiger partial charge on any atom is 0.338 e. The minimum absolute atomic E-state index is 0.208. The summed E-state index contributed by atoms with van der Waals surface area (Å²) in [5.41, 5.74) is 1.93. The minimum Gasteiger partial charge on any atom is -0.465 e. The first-order chi connectivity index (χ1) is 13.8. The van der Waals surface area contributed by atoms with Crippen LogP contribution in [0.1, 0.15) is 44.9 Å². The Morgan fingerprint density at radius 3 is 2.24 bits per heavy atom. The summed E-state index contributed by atoms with van der Waals surface area (Å²) < 4.78 is 6.21. The van der Waals surface area contributed by atoms with Crippen LogP contribution in [0.3, 0.4) is 0 Å². The molecule has 1 heterocycles. The van der Waals surface area contributed by atoms with Crippen molar-refractivity contribution < 1.29 is 24.2 Å². The van der Waals surface area contributed by atoms with Gasteiger partial charge in [-0.2, -0.15) is 0 Å². The van der Waals surface area contributed by atoms with E-state index in [2.05, 4.69) is 0 Å². The zero-order chi connectivity index (χ0) is 21.3. The predicted octanol–water partition coefficient (Wildman–Crippen LogP) is 3.24. The third kappa shape index (κ3) is 3.64. The summed E-state index contributed by atoms with van der Waals surface area (Å²) in [6, 6.07) is 11.1. The van der Waals surface area contributed by atoms with Crippen LogP contribution >= 0.6 is 0 Å².